The van der Waals surface area contributed by atoms with Crippen LogP contribution in [0.15, 0.2) is 58.1 Å². The van der Waals surface area contributed by atoms with Gasteiger partial charge in [0.15, 0.2) is 6.10 Å². The molecule has 148 valence electrons. The number of esters is 1. The first-order chi connectivity index (χ1) is 13.7. The van der Waals surface area contributed by atoms with Gasteiger partial charge in [0.25, 0.3) is 5.56 Å². The third-order valence-corrected chi connectivity index (χ3v) is 4.50. The van der Waals surface area contributed by atoms with Gasteiger partial charge < -0.3 is 9.84 Å². The van der Waals surface area contributed by atoms with E-state index in [0.717, 1.165) is 18.2 Å². The molecule has 0 aliphatic carbocycles. The average Bonchev–Trinajstić information content (AvgIpc) is 2.98. The molecule has 2 heterocycles. The Hall–Kier alpha value is -3.82. The molecule has 29 heavy (non-hydrogen) atoms. The van der Waals surface area contributed by atoms with Crippen molar-refractivity contribution >= 4 is 5.97 Å². The van der Waals surface area contributed by atoms with Gasteiger partial charge in [0, 0.05) is 5.56 Å². The van der Waals surface area contributed by atoms with Crippen molar-refractivity contribution in [2.24, 2.45) is 0 Å². The van der Waals surface area contributed by atoms with Crippen LogP contribution in [0, 0.1) is 0 Å². The van der Waals surface area contributed by atoms with Crippen LogP contribution in [-0.4, -0.2) is 20.6 Å². The summed E-state index contributed by atoms with van der Waals surface area (Å²) in [5, 5.41) is 10.6. The van der Waals surface area contributed by atoms with Crippen LogP contribution in [0.3, 0.4) is 0 Å². The Kier molecular flexibility index (Phi) is 4.07. The minimum absolute atomic E-state index is 0.174. The molecule has 2 N–H and O–H groups in total. The number of alkyl halides is 3. The summed E-state index contributed by atoms with van der Waals surface area (Å²) in [7, 11) is 0. The number of cyclic esters (lactones) is 1. The Morgan fingerprint density at radius 2 is 1.76 bits per heavy atom. The number of benzene rings is 2. The molecule has 0 spiro atoms. The molecular formula is C19H11F3N2O5. The average molecular weight is 404 g/mol. The SMILES string of the molecule is O=C1OC(c2c(O)n(-c3cccc(C(F)(F)F)c3)c(=O)[nH]c2=O)c2ccccc21. The van der Waals surface area contributed by atoms with Crippen LogP contribution in [0.1, 0.15) is 33.2 Å². The van der Waals surface area contributed by atoms with E-state index < -0.39 is 46.5 Å². The predicted molar refractivity (Wildman–Crippen MR) is 93.0 cm³/mol. The first kappa shape index (κ1) is 18.5. The largest absolute Gasteiger partial charge is 0.494 e. The Morgan fingerprint density at radius 3 is 2.48 bits per heavy atom. The number of rotatable bonds is 2. The maximum Gasteiger partial charge on any atom is 0.416 e. The summed E-state index contributed by atoms with van der Waals surface area (Å²) in [4.78, 5) is 38.6. The molecule has 0 saturated carbocycles. The van der Waals surface area contributed by atoms with Gasteiger partial charge in [-0.1, -0.05) is 24.3 Å². The summed E-state index contributed by atoms with van der Waals surface area (Å²) in [6.45, 7) is 0. The number of aromatic amines is 1. The zero-order valence-electron chi connectivity index (χ0n) is 14.4. The van der Waals surface area contributed by atoms with Crippen LogP contribution < -0.4 is 11.2 Å². The minimum Gasteiger partial charge on any atom is -0.494 e. The fourth-order valence-corrected chi connectivity index (χ4v) is 3.20. The number of aromatic hydroxyl groups is 1. The van der Waals surface area contributed by atoms with Crippen LogP contribution in [0.4, 0.5) is 13.2 Å². The van der Waals surface area contributed by atoms with Crippen LogP contribution in [0.2, 0.25) is 0 Å². The number of H-pyrrole nitrogens is 1. The second-order valence-electron chi connectivity index (χ2n) is 6.25. The Balaban J connectivity index is 1.94. The molecule has 1 aromatic heterocycles. The third-order valence-electron chi connectivity index (χ3n) is 4.50. The zero-order chi connectivity index (χ0) is 20.9. The predicted octanol–water partition coefficient (Wildman–Crippen LogP) is 2.51. The fraction of sp³-hybridized carbons (Fsp3) is 0.105. The van der Waals surface area contributed by atoms with Crippen LogP contribution in [0.5, 0.6) is 5.88 Å². The Bertz CT molecular complexity index is 1260. The van der Waals surface area contributed by atoms with Crippen molar-refractivity contribution in [3.63, 3.8) is 0 Å². The topological polar surface area (TPSA) is 101 Å². The van der Waals surface area contributed by atoms with Crippen molar-refractivity contribution < 1.29 is 27.8 Å². The summed E-state index contributed by atoms with van der Waals surface area (Å²) in [5.41, 5.74) is -3.55. The second-order valence-corrected chi connectivity index (χ2v) is 6.25. The van der Waals surface area contributed by atoms with Crippen molar-refractivity contribution in [1.29, 1.82) is 0 Å². The number of aromatic nitrogens is 2. The smallest absolute Gasteiger partial charge is 0.416 e. The van der Waals surface area contributed by atoms with Crippen LogP contribution in [0.25, 0.3) is 5.69 Å². The molecular weight excluding hydrogens is 393 g/mol. The zero-order valence-corrected chi connectivity index (χ0v) is 14.4. The Labute approximate surface area is 159 Å². The normalized spacial score (nSPS) is 15.8. The lowest BCUT2D eigenvalue weighted by molar-refractivity contribution is -0.137. The number of hydrogen-bond acceptors (Lipinski definition) is 5. The molecule has 1 aliphatic rings. The summed E-state index contributed by atoms with van der Waals surface area (Å²) >= 11 is 0. The number of halogens is 3. The third kappa shape index (κ3) is 2.98. The van der Waals surface area contributed by atoms with Gasteiger partial charge in [-0.05, 0) is 24.3 Å². The molecule has 0 bridgehead atoms. The minimum atomic E-state index is -4.68. The molecule has 0 radical (unpaired) electrons. The van der Waals surface area contributed by atoms with E-state index in [2.05, 4.69) is 0 Å². The standard InChI is InChI=1S/C19H11F3N2O5/c20-19(21,22)9-4-3-5-10(8-9)24-16(26)13(15(25)23-18(24)28)14-11-6-1-2-7-12(11)17(27)29-14/h1-8,14,26H,(H,23,25,28). The highest BCUT2D eigenvalue weighted by Gasteiger charge is 2.37. The van der Waals surface area contributed by atoms with E-state index in [4.69, 9.17) is 4.74 Å². The number of carbonyl (C=O) groups is 1. The van der Waals surface area contributed by atoms with Crippen molar-refractivity contribution in [2.75, 3.05) is 0 Å². The summed E-state index contributed by atoms with van der Waals surface area (Å²) in [6.07, 6.45) is -6.00. The van der Waals surface area contributed by atoms with Gasteiger partial charge in [-0.15, -0.1) is 0 Å². The maximum absolute atomic E-state index is 13.0. The van der Waals surface area contributed by atoms with E-state index in [1.54, 1.807) is 12.1 Å². The first-order valence-corrected chi connectivity index (χ1v) is 8.24. The van der Waals surface area contributed by atoms with E-state index >= 15 is 0 Å². The molecule has 10 heteroatoms. The molecule has 0 saturated heterocycles. The van der Waals surface area contributed by atoms with Gasteiger partial charge in [-0.3, -0.25) is 9.78 Å². The highest BCUT2D eigenvalue weighted by atomic mass is 19.4. The van der Waals surface area contributed by atoms with Crippen molar-refractivity contribution in [2.45, 2.75) is 12.3 Å². The van der Waals surface area contributed by atoms with Crippen LogP contribution in [-0.2, 0) is 10.9 Å². The van der Waals surface area contributed by atoms with Gasteiger partial charge in [0.1, 0.15) is 5.56 Å². The van der Waals surface area contributed by atoms with E-state index in [-0.39, 0.29) is 16.8 Å². The number of nitrogens with zero attached hydrogens (tertiary/aromatic N) is 1. The molecule has 0 fully saturated rings. The van der Waals surface area contributed by atoms with E-state index in [0.29, 0.717) is 10.6 Å². The van der Waals surface area contributed by atoms with Crippen molar-refractivity contribution in [3.8, 4) is 11.6 Å². The monoisotopic (exact) mass is 404 g/mol. The highest BCUT2D eigenvalue weighted by molar-refractivity contribution is 5.94. The maximum atomic E-state index is 13.0. The van der Waals surface area contributed by atoms with Gasteiger partial charge >= 0.3 is 17.8 Å². The van der Waals surface area contributed by atoms with Crippen LogP contribution >= 0.6 is 0 Å². The number of fused-ring (bicyclic) bond motifs is 1. The number of nitrogens with one attached hydrogen (secondary N) is 1. The second kappa shape index (κ2) is 6.36. The van der Waals surface area contributed by atoms with E-state index in [1.807, 2.05) is 4.98 Å². The van der Waals surface area contributed by atoms with E-state index in [1.165, 1.54) is 12.1 Å². The van der Waals surface area contributed by atoms with Gasteiger partial charge in [0.2, 0.25) is 5.88 Å². The molecule has 1 unspecified atom stereocenters. The lowest BCUT2D eigenvalue weighted by atomic mass is 10.0. The molecule has 1 aliphatic heterocycles. The number of carbonyl (C=O) groups excluding carboxylic acids is 1. The lowest BCUT2D eigenvalue weighted by Gasteiger charge is -2.16. The van der Waals surface area contributed by atoms with Gasteiger partial charge in [-0.2, -0.15) is 13.2 Å². The number of ether oxygens (including phenoxy) is 1. The summed E-state index contributed by atoms with van der Waals surface area (Å²) < 4.78 is 44.7. The first-order valence-electron chi connectivity index (χ1n) is 8.24. The van der Waals surface area contributed by atoms with Gasteiger partial charge in [0.05, 0.1) is 16.8 Å². The molecule has 0 amide bonds. The Morgan fingerprint density at radius 1 is 1.03 bits per heavy atom. The molecule has 3 aromatic rings. The summed E-state index contributed by atoms with van der Waals surface area (Å²) in [6, 6.07) is 9.80. The molecule has 2 aromatic carbocycles. The van der Waals surface area contributed by atoms with Crippen molar-refractivity contribution in [3.05, 3.63) is 91.6 Å². The molecule has 4 rings (SSSR count). The van der Waals surface area contributed by atoms with E-state index in [9.17, 15) is 32.7 Å². The molecule has 1 atom stereocenters. The summed E-state index contributed by atoms with van der Waals surface area (Å²) in [5.74, 6) is -1.66. The fourth-order valence-electron chi connectivity index (χ4n) is 3.20. The lowest BCUT2D eigenvalue weighted by Crippen LogP contribution is -2.32. The van der Waals surface area contributed by atoms with Crippen molar-refractivity contribution in [1.82, 2.24) is 9.55 Å². The highest BCUT2D eigenvalue weighted by Crippen LogP contribution is 2.38. The van der Waals surface area contributed by atoms with Gasteiger partial charge in [-0.25, -0.2) is 14.2 Å². The number of hydrogen-bond donors (Lipinski definition) is 2. The molecule has 7 nitrogen and oxygen atoms in total. The quantitative estimate of drug-likeness (QED) is 0.640.